The van der Waals surface area contributed by atoms with Crippen LogP contribution in [0.2, 0.25) is 0 Å². The molecule has 0 saturated heterocycles. The molecule has 106 valence electrons. The van der Waals surface area contributed by atoms with Crippen LogP contribution in [0.15, 0.2) is 24.3 Å². The summed E-state index contributed by atoms with van der Waals surface area (Å²) in [6, 6.07) is 7.25. The third kappa shape index (κ3) is 3.66. The van der Waals surface area contributed by atoms with E-state index in [1.165, 1.54) is 12.8 Å². The van der Waals surface area contributed by atoms with E-state index in [4.69, 9.17) is 0 Å². The quantitative estimate of drug-likeness (QED) is 0.838. The van der Waals surface area contributed by atoms with Crippen LogP contribution in [0.1, 0.15) is 44.2 Å². The monoisotopic (exact) mass is 269 g/mol. The summed E-state index contributed by atoms with van der Waals surface area (Å²) in [5, 5.41) is 3.43. The van der Waals surface area contributed by atoms with Gasteiger partial charge in [0.25, 0.3) is 0 Å². The first-order valence-corrected chi connectivity index (χ1v) is 6.99. The SMILES string of the molecule is CCNC(c1ccccc1OC(F)F)C1CCCC1. The van der Waals surface area contributed by atoms with Gasteiger partial charge in [0.05, 0.1) is 0 Å². The molecule has 0 heterocycles. The second kappa shape index (κ2) is 6.85. The Balaban J connectivity index is 2.24. The van der Waals surface area contributed by atoms with Gasteiger partial charge in [-0.2, -0.15) is 8.78 Å². The molecular formula is C15H21F2NO. The number of ether oxygens (including phenoxy) is 1. The topological polar surface area (TPSA) is 21.3 Å². The summed E-state index contributed by atoms with van der Waals surface area (Å²) >= 11 is 0. The fourth-order valence-electron chi connectivity index (χ4n) is 2.98. The molecule has 2 nitrogen and oxygen atoms in total. The first-order valence-electron chi connectivity index (χ1n) is 6.99. The van der Waals surface area contributed by atoms with E-state index in [1.54, 1.807) is 12.1 Å². The van der Waals surface area contributed by atoms with Crippen LogP contribution in [0.4, 0.5) is 8.78 Å². The number of halogens is 2. The smallest absolute Gasteiger partial charge is 0.387 e. The summed E-state index contributed by atoms with van der Waals surface area (Å²) in [5.41, 5.74) is 0.858. The van der Waals surface area contributed by atoms with Gasteiger partial charge < -0.3 is 10.1 Å². The second-order valence-electron chi connectivity index (χ2n) is 5.00. The van der Waals surface area contributed by atoms with E-state index in [2.05, 4.69) is 10.1 Å². The molecule has 4 heteroatoms. The van der Waals surface area contributed by atoms with E-state index in [-0.39, 0.29) is 6.04 Å². The first kappa shape index (κ1) is 14.3. The van der Waals surface area contributed by atoms with Crippen LogP contribution < -0.4 is 10.1 Å². The Kier molecular flexibility index (Phi) is 5.14. The Morgan fingerprint density at radius 1 is 1.26 bits per heavy atom. The van der Waals surface area contributed by atoms with Crippen molar-refractivity contribution in [2.45, 2.75) is 45.3 Å². The Morgan fingerprint density at radius 3 is 2.58 bits per heavy atom. The van der Waals surface area contributed by atoms with E-state index in [9.17, 15) is 8.78 Å². The third-order valence-corrected chi connectivity index (χ3v) is 3.77. The summed E-state index contributed by atoms with van der Waals surface area (Å²) in [7, 11) is 0. The highest BCUT2D eigenvalue weighted by Gasteiger charge is 2.28. The van der Waals surface area contributed by atoms with E-state index in [0.717, 1.165) is 24.9 Å². The van der Waals surface area contributed by atoms with E-state index in [0.29, 0.717) is 11.7 Å². The lowest BCUT2D eigenvalue weighted by molar-refractivity contribution is -0.0508. The average Bonchev–Trinajstić information content (AvgIpc) is 2.90. The van der Waals surface area contributed by atoms with Crippen LogP contribution in [-0.2, 0) is 0 Å². The minimum absolute atomic E-state index is 0.113. The number of rotatable bonds is 6. The van der Waals surface area contributed by atoms with Crippen LogP contribution in [0.25, 0.3) is 0 Å². The van der Waals surface area contributed by atoms with Crippen LogP contribution in [0.3, 0.4) is 0 Å². The second-order valence-corrected chi connectivity index (χ2v) is 5.00. The van der Waals surface area contributed by atoms with Gasteiger partial charge in [0.2, 0.25) is 0 Å². The van der Waals surface area contributed by atoms with E-state index < -0.39 is 6.61 Å². The summed E-state index contributed by atoms with van der Waals surface area (Å²) < 4.78 is 29.6. The zero-order chi connectivity index (χ0) is 13.7. The fraction of sp³-hybridized carbons (Fsp3) is 0.600. The molecule has 1 aliphatic rings. The highest BCUT2D eigenvalue weighted by Crippen LogP contribution is 2.39. The van der Waals surface area contributed by atoms with Crippen molar-refractivity contribution in [1.82, 2.24) is 5.32 Å². The van der Waals surface area contributed by atoms with Gasteiger partial charge in [0.15, 0.2) is 0 Å². The molecule has 0 spiro atoms. The number of alkyl halides is 2. The molecule has 0 aromatic heterocycles. The molecule has 1 N–H and O–H groups in total. The molecule has 1 aromatic carbocycles. The molecule has 1 unspecified atom stereocenters. The van der Waals surface area contributed by atoms with Gasteiger partial charge in [0, 0.05) is 11.6 Å². The Hall–Kier alpha value is -1.16. The largest absolute Gasteiger partial charge is 0.434 e. The van der Waals surface area contributed by atoms with Gasteiger partial charge in [-0.15, -0.1) is 0 Å². The van der Waals surface area contributed by atoms with Gasteiger partial charge in [0.1, 0.15) is 5.75 Å². The molecule has 1 fully saturated rings. The maximum atomic E-state index is 12.5. The molecular weight excluding hydrogens is 248 g/mol. The van der Waals surface area contributed by atoms with Crippen molar-refractivity contribution in [2.24, 2.45) is 5.92 Å². The Bertz CT molecular complexity index is 391. The predicted molar refractivity (Wildman–Crippen MR) is 71.4 cm³/mol. The minimum atomic E-state index is -2.77. The van der Waals surface area contributed by atoms with E-state index in [1.807, 2.05) is 19.1 Å². The number of para-hydroxylation sites is 1. The molecule has 1 atom stereocenters. The Morgan fingerprint density at radius 2 is 1.95 bits per heavy atom. The summed E-state index contributed by atoms with van der Waals surface area (Å²) in [6.45, 7) is 0.0925. The molecule has 1 saturated carbocycles. The van der Waals surface area contributed by atoms with Crippen molar-refractivity contribution >= 4 is 0 Å². The fourth-order valence-corrected chi connectivity index (χ4v) is 2.98. The summed E-state index contributed by atoms with van der Waals surface area (Å²) in [5.74, 6) is 0.817. The van der Waals surface area contributed by atoms with Gasteiger partial charge in [-0.05, 0) is 31.4 Å². The molecule has 0 aliphatic heterocycles. The van der Waals surface area contributed by atoms with Crippen molar-refractivity contribution in [3.8, 4) is 5.75 Å². The molecule has 19 heavy (non-hydrogen) atoms. The normalized spacial score (nSPS) is 17.9. The summed E-state index contributed by atoms with van der Waals surface area (Å²) in [4.78, 5) is 0. The lowest BCUT2D eigenvalue weighted by Crippen LogP contribution is -2.27. The van der Waals surface area contributed by atoms with Crippen LogP contribution >= 0.6 is 0 Å². The van der Waals surface area contributed by atoms with Crippen molar-refractivity contribution in [2.75, 3.05) is 6.54 Å². The number of hydrogen-bond donors (Lipinski definition) is 1. The summed E-state index contributed by atoms with van der Waals surface area (Å²) in [6.07, 6.45) is 4.76. The van der Waals surface area contributed by atoms with Crippen LogP contribution in [0, 0.1) is 5.92 Å². The standard InChI is InChI=1S/C15H21F2NO/c1-2-18-14(11-7-3-4-8-11)12-9-5-6-10-13(12)19-15(16)17/h5-6,9-11,14-15,18H,2-4,7-8H2,1H3. The van der Waals surface area contributed by atoms with E-state index >= 15 is 0 Å². The molecule has 0 amide bonds. The minimum Gasteiger partial charge on any atom is -0.434 e. The molecule has 2 rings (SSSR count). The van der Waals surface area contributed by atoms with Gasteiger partial charge in [-0.1, -0.05) is 38.0 Å². The van der Waals surface area contributed by atoms with Crippen LogP contribution in [0.5, 0.6) is 5.75 Å². The first-order chi connectivity index (χ1) is 9.22. The predicted octanol–water partition coefficient (Wildman–Crippen LogP) is 4.13. The van der Waals surface area contributed by atoms with Crippen molar-refractivity contribution < 1.29 is 13.5 Å². The van der Waals surface area contributed by atoms with Gasteiger partial charge in [-0.25, -0.2) is 0 Å². The number of hydrogen-bond acceptors (Lipinski definition) is 2. The number of nitrogens with one attached hydrogen (secondary N) is 1. The third-order valence-electron chi connectivity index (χ3n) is 3.77. The van der Waals surface area contributed by atoms with Crippen molar-refractivity contribution in [3.63, 3.8) is 0 Å². The average molecular weight is 269 g/mol. The number of benzene rings is 1. The highest BCUT2D eigenvalue weighted by atomic mass is 19.3. The molecule has 1 aliphatic carbocycles. The van der Waals surface area contributed by atoms with Crippen LogP contribution in [-0.4, -0.2) is 13.2 Å². The van der Waals surface area contributed by atoms with Crippen molar-refractivity contribution in [1.29, 1.82) is 0 Å². The molecule has 0 radical (unpaired) electrons. The van der Waals surface area contributed by atoms with Gasteiger partial charge in [-0.3, -0.25) is 0 Å². The maximum absolute atomic E-state index is 12.5. The van der Waals surface area contributed by atoms with Crippen molar-refractivity contribution in [3.05, 3.63) is 29.8 Å². The lowest BCUT2D eigenvalue weighted by atomic mass is 9.91. The molecule has 0 bridgehead atoms. The Labute approximate surface area is 113 Å². The lowest BCUT2D eigenvalue weighted by Gasteiger charge is -2.26. The zero-order valence-electron chi connectivity index (χ0n) is 11.2. The molecule has 1 aromatic rings. The highest BCUT2D eigenvalue weighted by molar-refractivity contribution is 5.36. The van der Waals surface area contributed by atoms with Gasteiger partial charge >= 0.3 is 6.61 Å². The zero-order valence-corrected chi connectivity index (χ0v) is 11.2. The maximum Gasteiger partial charge on any atom is 0.387 e.